The molecule has 80 valence electrons. The Kier molecular flexibility index (Phi) is 4.40. The van der Waals surface area contributed by atoms with Crippen molar-refractivity contribution in [1.82, 2.24) is 0 Å². The van der Waals surface area contributed by atoms with Gasteiger partial charge in [-0.05, 0) is 32.6 Å². The lowest BCUT2D eigenvalue weighted by molar-refractivity contribution is -0.0575. The first kappa shape index (κ1) is 12.9. The Morgan fingerprint density at radius 3 is 1.85 bits per heavy atom. The van der Waals surface area contributed by atoms with Crippen molar-refractivity contribution >= 4 is 0 Å². The third-order valence-corrected chi connectivity index (χ3v) is 1.56. The lowest BCUT2D eigenvalue weighted by Gasteiger charge is -2.26. The largest absolute Gasteiger partial charge is 0.391 e. The average Bonchev–Trinajstić information content (AvgIpc) is 1.78. The minimum Gasteiger partial charge on any atom is -0.391 e. The minimum absolute atomic E-state index is 0.154. The first-order chi connectivity index (χ1) is 5.60. The van der Waals surface area contributed by atoms with Crippen LogP contribution in [-0.4, -0.2) is 23.4 Å². The van der Waals surface area contributed by atoms with Gasteiger partial charge in [0, 0.05) is 0 Å². The Labute approximate surface area is 82.3 Å². The van der Waals surface area contributed by atoms with Crippen LogP contribution >= 0.6 is 0 Å². The van der Waals surface area contributed by atoms with E-state index in [1.807, 2.05) is 20.8 Å². The highest BCUT2D eigenvalue weighted by atomic mass is 16.5. The summed E-state index contributed by atoms with van der Waals surface area (Å²) >= 11 is 0. The van der Waals surface area contributed by atoms with Crippen LogP contribution in [0.3, 0.4) is 0 Å². The Balaban J connectivity index is 3.70. The van der Waals surface area contributed by atoms with E-state index in [1.165, 1.54) is 0 Å². The highest BCUT2D eigenvalue weighted by Crippen LogP contribution is 2.21. The fourth-order valence-electron chi connectivity index (χ4n) is 1.11. The summed E-state index contributed by atoms with van der Waals surface area (Å²) in [6, 6.07) is 0. The number of aliphatic hydroxyl groups is 1. The molecule has 0 radical (unpaired) electrons. The van der Waals surface area contributed by atoms with Crippen LogP contribution in [0, 0.1) is 5.41 Å². The summed E-state index contributed by atoms with van der Waals surface area (Å²) in [7, 11) is 0. The van der Waals surface area contributed by atoms with Crippen LogP contribution in [0.15, 0.2) is 0 Å². The fourth-order valence-corrected chi connectivity index (χ4v) is 1.11. The summed E-state index contributed by atoms with van der Waals surface area (Å²) < 4.78 is 5.49. The van der Waals surface area contributed by atoms with E-state index in [4.69, 9.17) is 4.74 Å². The van der Waals surface area contributed by atoms with Gasteiger partial charge in [0.05, 0.1) is 18.3 Å². The van der Waals surface area contributed by atoms with Gasteiger partial charge in [-0.25, -0.2) is 0 Å². The Bertz CT molecular complexity index is 139. The highest BCUT2D eigenvalue weighted by Gasteiger charge is 2.19. The number of ether oxygens (including phenoxy) is 1. The highest BCUT2D eigenvalue weighted by molar-refractivity contribution is 4.69. The van der Waals surface area contributed by atoms with Crippen LogP contribution in [0.5, 0.6) is 0 Å². The number of aliphatic hydroxyl groups excluding tert-OH is 1. The second-order valence-electron chi connectivity index (χ2n) is 5.84. The fraction of sp³-hybridized carbons (Fsp3) is 1.00. The second kappa shape index (κ2) is 4.43. The molecule has 0 saturated heterocycles. The van der Waals surface area contributed by atoms with Crippen molar-refractivity contribution in [1.29, 1.82) is 0 Å². The molecule has 0 amide bonds. The number of rotatable bonds is 3. The van der Waals surface area contributed by atoms with E-state index in [2.05, 4.69) is 20.8 Å². The van der Waals surface area contributed by atoms with Crippen molar-refractivity contribution in [3.63, 3.8) is 0 Å². The molecule has 1 atom stereocenters. The zero-order chi connectivity index (χ0) is 10.7. The topological polar surface area (TPSA) is 29.5 Å². The van der Waals surface area contributed by atoms with Crippen molar-refractivity contribution in [2.75, 3.05) is 6.61 Å². The van der Waals surface area contributed by atoms with Gasteiger partial charge < -0.3 is 9.84 Å². The molecule has 13 heavy (non-hydrogen) atoms. The molecule has 0 aliphatic carbocycles. The Morgan fingerprint density at radius 2 is 1.54 bits per heavy atom. The molecule has 1 unspecified atom stereocenters. The molecule has 0 aromatic carbocycles. The minimum atomic E-state index is -0.348. The lowest BCUT2D eigenvalue weighted by Crippen LogP contribution is -2.28. The quantitative estimate of drug-likeness (QED) is 0.737. The predicted molar refractivity (Wildman–Crippen MR) is 55.8 cm³/mol. The van der Waals surface area contributed by atoms with Gasteiger partial charge in [0.15, 0.2) is 0 Å². The molecule has 2 nitrogen and oxygen atoms in total. The van der Waals surface area contributed by atoms with Crippen molar-refractivity contribution in [2.24, 2.45) is 5.41 Å². The molecule has 0 fully saturated rings. The van der Waals surface area contributed by atoms with E-state index < -0.39 is 0 Å². The maximum Gasteiger partial charge on any atom is 0.0778 e. The Morgan fingerprint density at radius 1 is 1.08 bits per heavy atom. The van der Waals surface area contributed by atoms with Gasteiger partial charge in [-0.3, -0.25) is 0 Å². The van der Waals surface area contributed by atoms with Crippen LogP contribution in [0.2, 0.25) is 0 Å². The molecular formula is C11H24O2. The SMILES string of the molecule is CC(C)(C)CC(O)COC(C)(C)C. The van der Waals surface area contributed by atoms with E-state index in [-0.39, 0.29) is 17.1 Å². The molecular weight excluding hydrogens is 164 g/mol. The monoisotopic (exact) mass is 188 g/mol. The van der Waals surface area contributed by atoms with Crippen molar-refractivity contribution < 1.29 is 9.84 Å². The number of hydrogen-bond acceptors (Lipinski definition) is 2. The molecule has 0 aliphatic rings. The summed E-state index contributed by atoms with van der Waals surface area (Å²) in [6.07, 6.45) is 0.433. The van der Waals surface area contributed by atoms with Gasteiger partial charge in [-0.2, -0.15) is 0 Å². The molecule has 0 saturated carbocycles. The van der Waals surface area contributed by atoms with Gasteiger partial charge in [-0.15, -0.1) is 0 Å². The van der Waals surface area contributed by atoms with Crippen molar-refractivity contribution in [3.8, 4) is 0 Å². The molecule has 0 rings (SSSR count). The predicted octanol–water partition coefficient (Wildman–Crippen LogP) is 2.60. The van der Waals surface area contributed by atoms with Gasteiger partial charge in [0.1, 0.15) is 0 Å². The zero-order valence-electron chi connectivity index (χ0n) is 9.85. The summed E-state index contributed by atoms with van der Waals surface area (Å²) in [5.41, 5.74) is 0.0134. The lowest BCUT2D eigenvalue weighted by atomic mass is 9.89. The zero-order valence-corrected chi connectivity index (χ0v) is 9.85. The normalized spacial score (nSPS) is 15.9. The third-order valence-electron chi connectivity index (χ3n) is 1.56. The van der Waals surface area contributed by atoms with Crippen LogP contribution in [0.25, 0.3) is 0 Å². The van der Waals surface area contributed by atoms with Crippen LogP contribution in [0.1, 0.15) is 48.0 Å². The second-order valence-corrected chi connectivity index (χ2v) is 5.84. The molecule has 0 heterocycles. The molecule has 0 aliphatic heterocycles. The third kappa shape index (κ3) is 9.84. The Hall–Kier alpha value is -0.0800. The standard InChI is InChI=1S/C11H24O2/c1-10(2,3)7-9(12)8-13-11(4,5)6/h9,12H,7-8H2,1-6H3. The molecule has 2 heteroatoms. The van der Waals surface area contributed by atoms with Crippen LogP contribution < -0.4 is 0 Å². The number of hydrogen-bond donors (Lipinski definition) is 1. The summed E-state index contributed by atoms with van der Waals surface area (Å²) in [4.78, 5) is 0. The first-order valence-corrected chi connectivity index (χ1v) is 4.92. The van der Waals surface area contributed by atoms with Crippen molar-refractivity contribution in [3.05, 3.63) is 0 Å². The van der Waals surface area contributed by atoms with E-state index in [1.54, 1.807) is 0 Å². The van der Waals surface area contributed by atoms with Crippen LogP contribution in [0.4, 0.5) is 0 Å². The maximum absolute atomic E-state index is 9.62. The molecule has 0 aromatic heterocycles. The molecule has 1 N–H and O–H groups in total. The van der Waals surface area contributed by atoms with Gasteiger partial charge in [0.25, 0.3) is 0 Å². The average molecular weight is 188 g/mol. The van der Waals surface area contributed by atoms with E-state index >= 15 is 0 Å². The molecule has 0 aromatic rings. The van der Waals surface area contributed by atoms with E-state index in [9.17, 15) is 5.11 Å². The van der Waals surface area contributed by atoms with E-state index in [0.717, 1.165) is 6.42 Å². The molecule has 0 spiro atoms. The summed E-state index contributed by atoms with van der Waals surface area (Å²) in [5.74, 6) is 0. The van der Waals surface area contributed by atoms with Gasteiger partial charge >= 0.3 is 0 Å². The van der Waals surface area contributed by atoms with E-state index in [0.29, 0.717) is 6.61 Å². The van der Waals surface area contributed by atoms with Crippen molar-refractivity contribution in [2.45, 2.75) is 59.7 Å². The maximum atomic E-state index is 9.62. The first-order valence-electron chi connectivity index (χ1n) is 4.92. The summed E-state index contributed by atoms with van der Waals surface area (Å²) in [6.45, 7) is 12.8. The smallest absolute Gasteiger partial charge is 0.0778 e. The van der Waals surface area contributed by atoms with Gasteiger partial charge in [0.2, 0.25) is 0 Å². The summed E-state index contributed by atoms with van der Waals surface area (Å²) in [5, 5.41) is 9.62. The molecule has 0 bridgehead atoms. The van der Waals surface area contributed by atoms with Crippen LogP contribution in [-0.2, 0) is 4.74 Å². The van der Waals surface area contributed by atoms with Gasteiger partial charge in [-0.1, -0.05) is 20.8 Å².